The fourth-order valence-electron chi connectivity index (χ4n) is 3.30. The molecular formula is C21H25N5OS. The monoisotopic (exact) mass is 395 g/mol. The number of thiazole rings is 1. The molecule has 146 valence electrons. The Kier molecular flexibility index (Phi) is 6.14. The van der Waals surface area contributed by atoms with Gasteiger partial charge in [-0.25, -0.2) is 15.0 Å². The molecule has 0 bridgehead atoms. The smallest absolute Gasteiger partial charge is 0.225 e. The molecule has 28 heavy (non-hydrogen) atoms. The molecule has 0 saturated carbocycles. The van der Waals surface area contributed by atoms with Gasteiger partial charge in [0.15, 0.2) is 0 Å². The summed E-state index contributed by atoms with van der Waals surface area (Å²) in [5, 5.41) is 6.75. The van der Waals surface area contributed by atoms with Gasteiger partial charge >= 0.3 is 0 Å². The minimum atomic E-state index is 0.423. The van der Waals surface area contributed by atoms with Crippen LogP contribution in [0, 0.1) is 6.92 Å². The number of ether oxygens (including phenoxy) is 1. The van der Waals surface area contributed by atoms with E-state index in [9.17, 15) is 0 Å². The van der Waals surface area contributed by atoms with Gasteiger partial charge in [0.1, 0.15) is 17.4 Å². The number of piperidine rings is 1. The van der Waals surface area contributed by atoms with E-state index >= 15 is 0 Å². The summed E-state index contributed by atoms with van der Waals surface area (Å²) in [6, 6.07) is 10.4. The second-order valence-electron chi connectivity index (χ2n) is 7.05. The topological polar surface area (TPSA) is 63.2 Å². The van der Waals surface area contributed by atoms with Gasteiger partial charge in [-0.3, -0.25) is 0 Å². The van der Waals surface area contributed by atoms with Crippen LogP contribution in [0.4, 0.5) is 5.95 Å². The Balaban J connectivity index is 1.25. The van der Waals surface area contributed by atoms with Crippen molar-refractivity contribution < 1.29 is 4.74 Å². The summed E-state index contributed by atoms with van der Waals surface area (Å²) in [5.74, 6) is 1.70. The number of hydrogen-bond donors (Lipinski definition) is 1. The molecule has 7 heteroatoms. The predicted molar refractivity (Wildman–Crippen MR) is 112 cm³/mol. The van der Waals surface area contributed by atoms with E-state index < -0.39 is 0 Å². The summed E-state index contributed by atoms with van der Waals surface area (Å²) in [5.41, 5.74) is 2.30. The summed E-state index contributed by atoms with van der Waals surface area (Å²) in [7, 11) is 0. The van der Waals surface area contributed by atoms with Crippen LogP contribution < -0.4 is 15.0 Å². The summed E-state index contributed by atoms with van der Waals surface area (Å²) >= 11 is 1.65. The quantitative estimate of drug-likeness (QED) is 0.660. The molecule has 0 unspecified atom stereocenters. The van der Waals surface area contributed by atoms with Crippen molar-refractivity contribution in [2.45, 2.75) is 39.0 Å². The average Bonchev–Trinajstić information content (AvgIpc) is 3.21. The fraction of sp³-hybridized carbons (Fsp3) is 0.381. The molecular weight excluding hydrogens is 370 g/mol. The molecule has 0 spiro atoms. The zero-order valence-electron chi connectivity index (χ0n) is 16.0. The van der Waals surface area contributed by atoms with Crippen molar-refractivity contribution in [1.29, 1.82) is 0 Å². The van der Waals surface area contributed by atoms with Crippen molar-refractivity contribution in [3.8, 4) is 5.75 Å². The van der Waals surface area contributed by atoms with Gasteiger partial charge in [-0.2, -0.15) is 0 Å². The van der Waals surface area contributed by atoms with E-state index in [1.165, 1.54) is 5.56 Å². The van der Waals surface area contributed by atoms with Gasteiger partial charge in [0.2, 0.25) is 5.95 Å². The first-order chi connectivity index (χ1) is 13.8. The van der Waals surface area contributed by atoms with Crippen molar-refractivity contribution >= 4 is 17.3 Å². The maximum Gasteiger partial charge on any atom is 0.225 e. The third-order valence-electron chi connectivity index (χ3n) is 4.81. The number of rotatable bonds is 7. The molecule has 1 atom stereocenters. The normalized spacial score (nSPS) is 16.9. The fourth-order valence-corrected chi connectivity index (χ4v) is 4.01. The zero-order valence-corrected chi connectivity index (χ0v) is 16.9. The highest BCUT2D eigenvalue weighted by Gasteiger charge is 2.21. The summed E-state index contributed by atoms with van der Waals surface area (Å²) < 4.78 is 5.82. The van der Waals surface area contributed by atoms with Crippen LogP contribution in [-0.4, -0.2) is 34.1 Å². The van der Waals surface area contributed by atoms with E-state index in [-0.39, 0.29) is 0 Å². The molecule has 3 heterocycles. The molecule has 6 nitrogen and oxygen atoms in total. The Morgan fingerprint density at radius 3 is 2.86 bits per heavy atom. The Hall–Kier alpha value is -2.51. The number of benzene rings is 1. The van der Waals surface area contributed by atoms with Crippen molar-refractivity contribution in [3.63, 3.8) is 0 Å². The second-order valence-corrected chi connectivity index (χ2v) is 7.99. The maximum atomic E-state index is 5.82. The van der Waals surface area contributed by atoms with Gasteiger partial charge in [-0.15, -0.1) is 11.3 Å². The molecule has 4 rings (SSSR count). The van der Waals surface area contributed by atoms with E-state index in [0.717, 1.165) is 54.9 Å². The molecule has 1 N–H and O–H groups in total. The van der Waals surface area contributed by atoms with Crippen LogP contribution in [0.25, 0.3) is 0 Å². The summed E-state index contributed by atoms with van der Waals surface area (Å²) in [4.78, 5) is 15.7. The van der Waals surface area contributed by atoms with E-state index in [2.05, 4.69) is 44.6 Å². The third-order valence-corrected chi connectivity index (χ3v) is 5.68. The zero-order chi connectivity index (χ0) is 19.2. The molecule has 1 saturated heterocycles. The number of nitrogens with one attached hydrogen (secondary N) is 1. The summed E-state index contributed by atoms with van der Waals surface area (Å²) in [6.45, 7) is 5.30. The lowest BCUT2D eigenvalue weighted by Crippen LogP contribution is -2.46. The number of hydrogen-bond acceptors (Lipinski definition) is 7. The third kappa shape index (κ3) is 5.05. The van der Waals surface area contributed by atoms with E-state index in [1.807, 2.05) is 18.2 Å². The van der Waals surface area contributed by atoms with Crippen LogP contribution in [0.2, 0.25) is 0 Å². The van der Waals surface area contributed by atoms with Gasteiger partial charge in [0.25, 0.3) is 0 Å². The van der Waals surface area contributed by atoms with E-state index in [1.54, 1.807) is 23.7 Å². The molecule has 3 aromatic rings. The Morgan fingerprint density at radius 2 is 2.04 bits per heavy atom. The SMILES string of the molecule is Cc1ccc(OCc2nc(CN[C@@H]3CCCN(c4ncccn4)C3)cs2)cc1. The van der Waals surface area contributed by atoms with Gasteiger partial charge in [0, 0.05) is 43.4 Å². The summed E-state index contributed by atoms with van der Waals surface area (Å²) in [6.07, 6.45) is 5.91. The van der Waals surface area contributed by atoms with Crippen LogP contribution in [0.15, 0.2) is 48.1 Å². The number of aromatic nitrogens is 3. The molecule has 0 radical (unpaired) electrons. The van der Waals surface area contributed by atoms with Crippen molar-refractivity contribution in [2.75, 3.05) is 18.0 Å². The van der Waals surface area contributed by atoms with Crippen LogP contribution in [0.3, 0.4) is 0 Å². The second kappa shape index (κ2) is 9.12. The highest BCUT2D eigenvalue weighted by Crippen LogP contribution is 2.18. The molecule has 1 aliphatic rings. The van der Waals surface area contributed by atoms with E-state index in [4.69, 9.17) is 9.72 Å². The maximum absolute atomic E-state index is 5.82. The Morgan fingerprint density at radius 1 is 1.21 bits per heavy atom. The van der Waals surface area contributed by atoms with Gasteiger partial charge < -0.3 is 15.0 Å². The average molecular weight is 396 g/mol. The highest BCUT2D eigenvalue weighted by molar-refractivity contribution is 7.09. The van der Waals surface area contributed by atoms with E-state index in [0.29, 0.717) is 12.6 Å². The first-order valence-electron chi connectivity index (χ1n) is 9.64. The van der Waals surface area contributed by atoms with Crippen molar-refractivity contribution in [3.05, 3.63) is 64.4 Å². The standard InChI is InChI=1S/C21H25N5OS/c1-16-5-7-19(8-6-16)27-14-20-25-18(15-28-20)12-24-17-4-2-11-26(13-17)21-22-9-3-10-23-21/h3,5-10,15,17,24H,2,4,11-14H2,1H3/t17-/m1/s1. The number of anilines is 1. The number of nitrogens with zero attached hydrogens (tertiary/aromatic N) is 4. The Bertz CT molecular complexity index is 868. The molecule has 0 amide bonds. The van der Waals surface area contributed by atoms with Crippen LogP contribution in [-0.2, 0) is 13.2 Å². The number of aryl methyl sites for hydroxylation is 1. The van der Waals surface area contributed by atoms with Crippen molar-refractivity contribution in [1.82, 2.24) is 20.3 Å². The Labute approximate surface area is 169 Å². The van der Waals surface area contributed by atoms with Gasteiger partial charge in [-0.1, -0.05) is 17.7 Å². The molecule has 1 aliphatic heterocycles. The van der Waals surface area contributed by atoms with Crippen LogP contribution in [0.5, 0.6) is 5.75 Å². The molecule has 0 aliphatic carbocycles. The van der Waals surface area contributed by atoms with Gasteiger partial charge in [0.05, 0.1) is 5.69 Å². The lowest BCUT2D eigenvalue weighted by atomic mass is 10.1. The molecule has 1 fully saturated rings. The van der Waals surface area contributed by atoms with Crippen molar-refractivity contribution in [2.24, 2.45) is 0 Å². The minimum absolute atomic E-state index is 0.423. The lowest BCUT2D eigenvalue weighted by molar-refractivity contribution is 0.305. The first-order valence-corrected chi connectivity index (χ1v) is 10.5. The highest BCUT2D eigenvalue weighted by atomic mass is 32.1. The van der Waals surface area contributed by atoms with Crippen LogP contribution in [0.1, 0.15) is 29.1 Å². The predicted octanol–water partition coefficient (Wildman–Crippen LogP) is 3.58. The first kappa shape index (κ1) is 18.8. The largest absolute Gasteiger partial charge is 0.486 e. The van der Waals surface area contributed by atoms with Crippen LogP contribution >= 0.6 is 11.3 Å². The molecule has 1 aromatic carbocycles. The molecule has 2 aromatic heterocycles. The lowest BCUT2D eigenvalue weighted by Gasteiger charge is -2.33. The van der Waals surface area contributed by atoms with Gasteiger partial charge in [-0.05, 0) is 38.0 Å². The minimum Gasteiger partial charge on any atom is -0.486 e.